The first-order valence-electron chi connectivity index (χ1n) is 5.36. The number of amides is 1. The van der Waals surface area contributed by atoms with Crippen LogP contribution >= 0.6 is 0 Å². The van der Waals surface area contributed by atoms with Crippen molar-refractivity contribution >= 4 is 17.4 Å². The van der Waals surface area contributed by atoms with E-state index >= 15 is 0 Å². The highest BCUT2D eigenvalue weighted by molar-refractivity contribution is 5.91. The molecule has 3 N–H and O–H groups in total. The number of ether oxygens (including phenoxy) is 1. The van der Waals surface area contributed by atoms with Gasteiger partial charge in [0.05, 0.1) is 11.9 Å². The molecule has 6 heteroatoms. The van der Waals surface area contributed by atoms with Crippen LogP contribution in [0.15, 0.2) is 18.3 Å². The van der Waals surface area contributed by atoms with E-state index in [9.17, 15) is 4.79 Å². The van der Waals surface area contributed by atoms with E-state index in [-0.39, 0.29) is 19.1 Å². The standard InChI is InChI=1S/C11H17N3O3/c1-17-8-11(16)14-9-3-4-10(13-7-9)12-5-2-6-15/h3-4,7,15H,2,5-6,8H2,1H3,(H,12,13)(H,14,16). The van der Waals surface area contributed by atoms with Gasteiger partial charge in [0.25, 0.3) is 0 Å². The van der Waals surface area contributed by atoms with E-state index in [1.54, 1.807) is 18.3 Å². The second-order valence-electron chi connectivity index (χ2n) is 3.42. The van der Waals surface area contributed by atoms with Crippen LogP contribution < -0.4 is 10.6 Å². The average Bonchev–Trinajstić information content (AvgIpc) is 2.32. The van der Waals surface area contributed by atoms with Crippen molar-refractivity contribution in [2.75, 3.05) is 37.5 Å². The first-order chi connectivity index (χ1) is 8.26. The molecule has 0 saturated heterocycles. The molecule has 0 fully saturated rings. The Morgan fingerprint density at radius 1 is 1.53 bits per heavy atom. The van der Waals surface area contributed by atoms with Crippen molar-refractivity contribution in [2.24, 2.45) is 0 Å². The van der Waals surface area contributed by atoms with Gasteiger partial charge in [0.15, 0.2) is 0 Å². The molecule has 0 unspecified atom stereocenters. The zero-order valence-electron chi connectivity index (χ0n) is 9.77. The first kappa shape index (κ1) is 13.4. The van der Waals surface area contributed by atoms with Gasteiger partial charge in [0.2, 0.25) is 5.91 Å². The summed E-state index contributed by atoms with van der Waals surface area (Å²) in [6.45, 7) is 0.841. The molecule has 0 saturated carbocycles. The second kappa shape index (κ2) is 7.59. The molecule has 94 valence electrons. The van der Waals surface area contributed by atoms with E-state index in [2.05, 4.69) is 15.6 Å². The molecule has 1 aromatic heterocycles. The van der Waals surface area contributed by atoms with E-state index in [1.165, 1.54) is 7.11 Å². The number of carbonyl (C=O) groups is 1. The van der Waals surface area contributed by atoms with Gasteiger partial charge in [-0.2, -0.15) is 0 Å². The number of nitrogens with zero attached hydrogens (tertiary/aromatic N) is 1. The SMILES string of the molecule is COCC(=O)Nc1ccc(NCCCO)nc1. The number of methoxy groups -OCH3 is 1. The summed E-state index contributed by atoms with van der Waals surface area (Å²) in [7, 11) is 1.46. The minimum atomic E-state index is -0.213. The number of carbonyl (C=O) groups excluding carboxylic acids is 1. The summed E-state index contributed by atoms with van der Waals surface area (Å²) < 4.78 is 4.70. The molecule has 0 aliphatic rings. The highest BCUT2D eigenvalue weighted by Gasteiger charge is 2.01. The molecule has 0 aliphatic heterocycles. The number of anilines is 2. The Balaban J connectivity index is 2.41. The van der Waals surface area contributed by atoms with Gasteiger partial charge < -0.3 is 20.5 Å². The van der Waals surface area contributed by atoms with Crippen LogP contribution in [-0.4, -0.2) is 42.9 Å². The molecule has 1 rings (SSSR count). The lowest BCUT2D eigenvalue weighted by molar-refractivity contribution is -0.119. The zero-order valence-corrected chi connectivity index (χ0v) is 9.77. The van der Waals surface area contributed by atoms with Gasteiger partial charge in [0, 0.05) is 20.3 Å². The summed E-state index contributed by atoms with van der Waals surface area (Å²) in [5.74, 6) is 0.499. The van der Waals surface area contributed by atoms with Gasteiger partial charge in [-0.1, -0.05) is 0 Å². The Labute approximate surface area is 100 Å². The number of rotatable bonds is 7. The van der Waals surface area contributed by atoms with Gasteiger partial charge in [-0.15, -0.1) is 0 Å². The lowest BCUT2D eigenvalue weighted by Crippen LogP contribution is -2.17. The van der Waals surface area contributed by atoms with Crippen LogP contribution in [0.2, 0.25) is 0 Å². The first-order valence-corrected chi connectivity index (χ1v) is 5.36. The molecule has 0 aliphatic carbocycles. The van der Waals surface area contributed by atoms with E-state index in [4.69, 9.17) is 9.84 Å². The monoisotopic (exact) mass is 239 g/mol. The molecule has 0 bridgehead atoms. The summed E-state index contributed by atoms with van der Waals surface area (Å²) in [5.41, 5.74) is 0.625. The third-order valence-electron chi connectivity index (χ3n) is 1.96. The number of aromatic nitrogens is 1. The van der Waals surface area contributed by atoms with E-state index in [1.807, 2.05) is 0 Å². The van der Waals surface area contributed by atoms with Crippen molar-refractivity contribution in [1.82, 2.24) is 4.98 Å². The Morgan fingerprint density at radius 2 is 2.35 bits per heavy atom. The van der Waals surface area contributed by atoms with Crippen molar-refractivity contribution in [1.29, 1.82) is 0 Å². The number of aliphatic hydroxyl groups is 1. The lowest BCUT2D eigenvalue weighted by atomic mass is 10.4. The summed E-state index contributed by atoms with van der Waals surface area (Å²) >= 11 is 0. The highest BCUT2D eigenvalue weighted by atomic mass is 16.5. The molecule has 0 radical (unpaired) electrons. The van der Waals surface area contributed by atoms with Crippen LogP contribution in [0.1, 0.15) is 6.42 Å². The molecule has 0 aromatic carbocycles. The van der Waals surface area contributed by atoms with Crippen LogP contribution in [0.25, 0.3) is 0 Å². The molecule has 17 heavy (non-hydrogen) atoms. The molecule has 1 aromatic rings. The van der Waals surface area contributed by atoms with Gasteiger partial charge in [0.1, 0.15) is 12.4 Å². The van der Waals surface area contributed by atoms with Crippen molar-refractivity contribution < 1.29 is 14.6 Å². The quantitative estimate of drug-likeness (QED) is 0.602. The Kier molecular flexibility index (Phi) is 5.98. The minimum Gasteiger partial charge on any atom is -0.396 e. The fourth-order valence-electron chi connectivity index (χ4n) is 1.20. The highest BCUT2D eigenvalue weighted by Crippen LogP contribution is 2.09. The number of pyridine rings is 1. The number of aliphatic hydroxyl groups excluding tert-OH is 1. The fraction of sp³-hybridized carbons (Fsp3) is 0.455. The molecule has 0 spiro atoms. The molecule has 6 nitrogen and oxygen atoms in total. The maximum absolute atomic E-state index is 11.2. The normalized spacial score (nSPS) is 10.0. The van der Waals surface area contributed by atoms with Crippen LogP contribution in [0.3, 0.4) is 0 Å². The largest absolute Gasteiger partial charge is 0.396 e. The fourth-order valence-corrected chi connectivity index (χ4v) is 1.20. The third-order valence-corrected chi connectivity index (χ3v) is 1.96. The summed E-state index contributed by atoms with van der Waals surface area (Å²) in [6.07, 6.45) is 2.24. The molecule has 1 amide bonds. The Hall–Kier alpha value is -1.66. The van der Waals surface area contributed by atoms with Gasteiger partial charge >= 0.3 is 0 Å². The van der Waals surface area contributed by atoms with Crippen LogP contribution in [-0.2, 0) is 9.53 Å². The van der Waals surface area contributed by atoms with Crippen LogP contribution in [0.5, 0.6) is 0 Å². The van der Waals surface area contributed by atoms with Gasteiger partial charge in [-0.05, 0) is 18.6 Å². The number of hydrogen-bond acceptors (Lipinski definition) is 5. The molecule has 0 atom stereocenters. The summed E-state index contributed by atoms with van der Waals surface area (Å²) in [6, 6.07) is 3.52. The van der Waals surface area contributed by atoms with Crippen molar-refractivity contribution in [3.63, 3.8) is 0 Å². The van der Waals surface area contributed by atoms with Crippen molar-refractivity contribution in [3.8, 4) is 0 Å². The van der Waals surface area contributed by atoms with E-state index in [0.29, 0.717) is 24.5 Å². The maximum Gasteiger partial charge on any atom is 0.250 e. The average molecular weight is 239 g/mol. The van der Waals surface area contributed by atoms with Gasteiger partial charge in [-0.25, -0.2) is 4.98 Å². The van der Waals surface area contributed by atoms with Crippen molar-refractivity contribution in [2.45, 2.75) is 6.42 Å². The third kappa shape index (κ3) is 5.28. The molecular formula is C11H17N3O3. The summed E-state index contributed by atoms with van der Waals surface area (Å²) in [4.78, 5) is 15.3. The van der Waals surface area contributed by atoms with E-state index < -0.39 is 0 Å². The minimum absolute atomic E-state index is 0.0243. The topological polar surface area (TPSA) is 83.5 Å². The zero-order chi connectivity index (χ0) is 12.5. The predicted molar refractivity (Wildman–Crippen MR) is 64.9 cm³/mol. The lowest BCUT2D eigenvalue weighted by Gasteiger charge is -2.06. The summed E-state index contributed by atoms with van der Waals surface area (Å²) in [5, 5.41) is 14.3. The number of nitrogens with one attached hydrogen (secondary N) is 2. The molecule has 1 heterocycles. The Morgan fingerprint density at radius 3 is 2.94 bits per heavy atom. The van der Waals surface area contributed by atoms with Crippen LogP contribution in [0, 0.1) is 0 Å². The van der Waals surface area contributed by atoms with Crippen molar-refractivity contribution in [3.05, 3.63) is 18.3 Å². The second-order valence-corrected chi connectivity index (χ2v) is 3.42. The Bertz CT molecular complexity index is 340. The van der Waals surface area contributed by atoms with Crippen LogP contribution in [0.4, 0.5) is 11.5 Å². The van der Waals surface area contributed by atoms with Gasteiger partial charge in [-0.3, -0.25) is 4.79 Å². The predicted octanol–water partition coefficient (Wildman–Crippen LogP) is 0.461. The maximum atomic E-state index is 11.2. The van der Waals surface area contributed by atoms with E-state index in [0.717, 1.165) is 0 Å². The smallest absolute Gasteiger partial charge is 0.250 e. The molecular weight excluding hydrogens is 222 g/mol. The number of hydrogen-bond donors (Lipinski definition) is 3.